The van der Waals surface area contributed by atoms with Crippen LogP contribution in [0.3, 0.4) is 0 Å². The Morgan fingerprint density at radius 2 is 1.66 bits per heavy atom. The third-order valence-corrected chi connectivity index (χ3v) is 6.73. The van der Waals surface area contributed by atoms with E-state index in [9.17, 15) is 4.79 Å². The lowest BCUT2D eigenvalue weighted by Crippen LogP contribution is -2.28. The summed E-state index contributed by atoms with van der Waals surface area (Å²) in [5.74, 6) is 1.61. The van der Waals surface area contributed by atoms with E-state index in [0.29, 0.717) is 34.1 Å². The average Bonchev–Trinajstić information content (AvgIpc) is 3.01. The molecule has 4 heterocycles. The molecule has 2 aromatic carbocycles. The second-order valence-corrected chi connectivity index (χ2v) is 9.33. The number of fused-ring (bicyclic) bond motifs is 1. The number of ether oxygens (including phenoxy) is 1. The number of hydrogen-bond donors (Lipinski definition) is 2. The van der Waals surface area contributed by atoms with Gasteiger partial charge in [-0.3, -0.25) is 14.3 Å². The van der Waals surface area contributed by atoms with Crippen molar-refractivity contribution in [1.29, 1.82) is 0 Å². The van der Waals surface area contributed by atoms with Crippen molar-refractivity contribution in [3.8, 4) is 33.8 Å². The minimum absolute atomic E-state index is 0.127. The lowest BCUT2D eigenvalue weighted by molar-refractivity contribution is 0.398. The van der Waals surface area contributed by atoms with Crippen LogP contribution in [0.5, 0.6) is 5.88 Å². The summed E-state index contributed by atoms with van der Waals surface area (Å²) in [6, 6.07) is 22.0. The number of nitrogen functional groups attached to an aromatic ring is 1. The topological polar surface area (TPSA) is 134 Å². The van der Waals surface area contributed by atoms with Crippen molar-refractivity contribution in [3.05, 3.63) is 114 Å². The van der Waals surface area contributed by atoms with Crippen molar-refractivity contribution in [2.24, 2.45) is 0 Å². The molecule has 6 aromatic rings. The molecule has 41 heavy (non-hydrogen) atoms. The Bertz CT molecular complexity index is 1910. The van der Waals surface area contributed by atoms with E-state index in [1.165, 1.54) is 0 Å². The fourth-order valence-electron chi connectivity index (χ4n) is 4.81. The largest absolute Gasteiger partial charge is 0.481 e. The number of hydrogen-bond acceptors (Lipinski definition) is 9. The van der Waals surface area contributed by atoms with Gasteiger partial charge >= 0.3 is 0 Å². The monoisotopic (exact) mass is 542 g/mol. The Balaban J connectivity index is 1.54. The van der Waals surface area contributed by atoms with Gasteiger partial charge in [0.2, 0.25) is 11.8 Å². The highest BCUT2D eigenvalue weighted by Gasteiger charge is 2.22. The summed E-state index contributed by atoms with van der Waals surface area (Å²) in [5, 5.41) is 3.92. The molecule has 10 nitrogen and oxygen atoms in total. The zero-order valence-corrected chi connectivity index (χ0v) is 22.4. The van der Waals surface area contributed by atoms with Crippen LogP contribution in [0.15, 0.2) is 102 Å². The Kier molecular flexibility index (Phi) is 6.78. The average molecular weight is 543 g/mol. The van der Waals surface area contributed by atoms with Gasteiger partial charge in [0, 0.05) is 36.4 Å². The van der Waals surface area contributed by atoms with Gasteiger partial charge in [0.25, 0.3) is 5.56 Å². The maximum atomic E-state index is 14.4. The van der Waals surface area contributed by atoms with Gasteiger partial charge in [-0.15, -0.1) is 0 Å². The normalized spacial score (nSPS) is 11.8. The molecule has 0 spiro atoms. The number of methoxy groups -OCH3 is 1. The van der Waals surface area contributed by atoms with Crippen LogP contribution in [0, 0.1) is 0 Å². The van der Waals surface area contributed by atoms with Crippen LogP contribution in [-0.2, 0) is 0 Å². The first kappa shape index (κ1) is 25.6. The summed E-state index contributed by atoms with van der Waals surface area (Å²) >= 11 is 0. The molecule has 0 saturated carbocycles. The molecule has 0 amide bonds. The molecular weight excluding hydrogens is 516 g/mol. The van der Waals surface area contributed by atoms with E-state index in [4.69, 9.17) is 15.5 Å². The molecule has 202 valence electrons. The second kappa shape index (κ2) is 10.9. The lowest BCUT2D eigenvalue weighted by atomic mass is 10.0. The smallest absolute Gasteiger partial charge is 0.266 e. The Morgan fingerprint density at radius 1 is 0.878 bits per heavy atom. The first-order valence-electron chi connectivity index (χ1n) is 12.9. The molecule has 4 aromatic heterocycles. The summed E-state index contributed by atoms with van der Waals surface area (Å²) in [5.41, 5.74) is 10.2. The van der Waals surface area contributed by atoms with E-state index in [0.717, 1.165) is 22.3 Å². The molecule has 0 aliphatic rings. The van der Waals surface area contributed by atoms with Gasteiger partial charge < -0.3 is 15.8 Å². The lowest BCUT2D eigenvalue weighted by Gasteiger charge is -2.22. The molecule has 0 radical (unpaired) electrons. The summed E-state index contributed by atoms with van der Waals surface area (Å²) in [7, 11) is 1.56. The number of anilines is 2. The minimum Gasteiger partial charge on any atom is -0.481 e. The first-order chi connectivity index (χ1) is 20.0. The molecule has 1 atom stereocenters. The third kappa shape index (κ3) is 4.94. The van der Waals surface area contributed by atoms with Crippen molar-refractivity contribution >= 4 is 22.7 Å². The van der Waals surface area contributed by atoms with E-state index in [1.54, 1.807) is 42.5 Å². The van der Waals surface area contributed by atoms with Crippen molar-refractivity contribution in [3.63, 3.8) is 0 Å². The van der Waals surface area contributed by atoms with Gasteiger partial charge in [-0.2, -0.15) is 4.98 Å². The van der Waals surface area contributed by atoms with E-state index in [2.05, 4.69) is 25.3 Å². The predicted molar refractivity (Wildman–Crippen MR) is 159 cm³/mol. The zero-order chi connectivity index (χ0) is 28.3. The van der Waals surface area contributed by atoms with E-state index < -0.39 is 6.04 Å². The van der Waals surface area contributed by atoms with Gasteiger partial charge in [0.05, 0.1) is 29.7 Å². The molecule has 0 saturated heterocycles. The van der Waals surface area contributed by atoms with Crippen molar-refractivity contribution in [2.75, 3.05) is 18.2 Å². The molecular formula is C31H26N8O2. The van der Waals surface area contributed by atoms with Gasteiger partial charge in [0.1, 0.15) is 11.6 Å². The van der Waals surface area contributed by atoms with E-state index >= 15 is 0 Å². The Morgan fingerprint density at radius 3 is 2.44 bits per heavy atom. The van der Waals surface area contributed by atoms with Crippen LogP contribution < -0.4 is 21.3 Å². The summed E-state index contributed by atoms with van der Waals surface area (Å²) in [4.78, 5) is 36.4. The molecule has 1 unspecified atom stereocenters. The number of rotatable bonds is 7. The van der Waals surface area contributed by atoms with E-state index in [1.807, 2.05) is 73.7 Å². The number of pyridine rings is 2. The fourth-order valence-corrected chi connectivity index (χ4v) is 4.81. The van der Waals surface area contributed by atoms with Crippen LogP contribution in [0.4, 0.5) is 11.8 Å². The standard InChI is InChI=1S/C31H26N8O2/c1-19(36-28-24(18-35-31(32)38-28)20-11-14-33-15-12-20)29-37-25-10-6-9-23(21-13-16-34-26(17-21)41-2)27(25)30(40)39(29)22-7-4-3-5-8-22/h3-19H,1-2H3,(H3,32,35,36,38). The Labute approximate surface area is 235 Å². The second-order valence-electron chi connectivity index (χ2n) is 9.33. The van der Waals surface area contributed by atoms with Gasteiger partial charge in [-0.1, -0.05) is 30.3 Å². The Hall–Kier alpha value is -5.64. The van der Waals surface area contributed by atoms with Gasteiger partial charge in [-0.05, 0) is 60.0 Å². The number of para-hydroxylation sites is 1. The summed E-state index contributed by atoms with van der Waals surface area (Å²) < 4.78 is 6.97. The van der Waals surface area contributed by atoms with Crippen LogP contribution in [0.25, 0.3) is 38.8 Å². The molecule has 0 fully saturated rings. The fraction of sp³-hybridized carbons (Fsp3) is 0.0968. The maximum absolute atomic E-state index is 14.4. The number of nitrogens with zero attached hydrogens (tertiary/aromatic N) is 6. The van der Waals surface area contributed by atoms with Crippen LogP contribution in [-0.4, -0.2) is 36.6 Å². The minimum atomic E-state index is -0.452. The molecule has 6 rings (SSSR count). The van der Waals surface area contributed by atoms with Crippen LogP contribution >= 0.6 is 0 Å². The third-order valence-electron chi connectivity index (χ3n) is 6.73. The highest BCUT2D eigenvalue weighted by molar-refractivity contribution is 5.94. The molecule has 10 heteroatoms. The first-order valence-corrected chi connectivity index (χ1v) is 12.9. The van der Waals surface area contributed by atoms with Gasteiger partial charge in [0.15, 0.2) is 0 Å². The van der Waals surface area contributed by atoms with E-state index in [-0.39, 0.29) is 11.5 Å². The van der Waals surface area contributed by atoms with Crippen LogP contribution in [0.2, 0.25) is 0 Å². The van der Waals surface area contributed by atoms with Crippen molar-refractivity contribution in [2.45, 2.75) is 13.0 Å². The highest BCUT2D eigenvalue weighted by Crippen LogP contribution is 2.31. The maximum Gasteiger partial charge on any atom is 0.266 e. The molecule has 3 N–H and O–H groups in total. The summed E-state index contributed by atoms with van der Waals surface area (Å²) in [6.45, 7) is 1.93. The van der Waals surface area contributed by atoms with Crippen molar-refractivity contribution in [1.82, 2.24) is 29.5 Å². The zero-order valence-electron chi connectivity index (χ0n) is 22.4. The number of nitrogens with two attached hydrogens (primary N) is 1. The molecule has 0 aliphatic heterocycles. The molecule has 0 aliphatic carbocycles. The number of aromatic nitrogens is 6. The SMILES string of the molecule is COc1cc(-c2cccc3nc(C(C)Nc4nc(N)ncc4-c4ccncc4)n(-c4ccccc4)c(=O)c23)ccn1. The van der Waals surface area contributed by atoms with Gasteiger partial charge in [-0.25, -0.2) is 15.0 Å². The van der Waals surface area contributed by atoms with Crippen LogP contribution in [0.1, 0.15) is 18.8 Å². The van der Waals surface area contributed by atoms with Crippen molar-refractivity contribution < 1.29 is 4.74 Å². The summed E-state index contributed by atoms with van der Waals surface area (Å²) in [6.07, 6.45) is 6.73. The highest BCUT2D eigenvalue weighted by atomic mass is 16.5. The quantitative estimate of drug-likeness (QED) is 0.284. The molecule has 0 bridgehead atoms. The number of nitrogens with one attached hydrogen (secondary N) is 1. The predicted octanol–water partition coefficient (Wildman–Crippen LogP) is 5.06. The number of benzene rings is 2.